The number of fused-ring (bicyclic) bond motifs is 1. The second-order valence-electron chi connectivity index (χ2n) is 8.15. The summed E-state index contributed by atoms with van der Waals surface area (Å²) >= 11 is 0. The topological polar surface area (TPSA) is 29.9 Å². The summed E-state index contributed by atoms with van der Waals surface area (Å²) in [6, 6.07) is 0. The maximum atomic E-state index is 4.96. The fourth-order valence-corrected chi connectivity index (χ4v) is 2.86. The predicted octanol–water partition coefficient (Wildman–Crippen LogP) is 4.29. The molecule has 1 aromatic heterocycles. The van der Waals surface area contributed by atoms with Crippen molar-refractivity contribution in [3.8, 4) is 0 Å². The summed E-state index contributed by atoms with van der Waals surface area (Å²) in [6.07, 6.45) is 1.09. The molecule has 1 aliphatic rings. The molecule has 0 radical (unpaired) electrons. The van der Waals surface area contributed by atoms with Crippen molar-refractivity contribution in [1.29, 1.82) is 0 Å². The van der Waals surface area contributed by atoms with Gasteiger partial charge in [0, 0.05) is 24.6 Å². The Labute approximate surface area is 124 Å². The van der Waals surface area contributed by atoms with Crippen LogP contribution in [0.2, 0.25) is 0 Å². The van der Waals surface area contributed by atoms with Crippen LogP contribution in [-0.2, 0) is 13.0 Å². The molecule has 3 nitrogen and oxygen atoms in total. The largest absolute Gasteiger partial charge is 0.370 e. The minimum atomic E-state index is 0.292. The summed E-state index contributed by atoms with van der Waals surface area (Å²) in [7, 11) is 0. The zero-order chi connectivity index (χ0) is 15.1. The highest BCUT2D eigenvalue weighted by Crippen LogP contribution is 2.36. The summed E-state index contributed by atoms with van der Waals surface area (Å²) in [6.45, 7) is 18.2. The zero-order valence-electron chi connectivity index (χ0n) is 14.2. The Balaban J connectivity index is 2.44. The highest BCUT2D eigenvalue weighted by molar-refractivity contribution is 5.50. The molecule has 114 valence electrons. The van der Waals surface area contributed by atoms with Crippen molar-refractivity contribution in [2.24, 2.45) is 17.3 Å². The van der Waals surface area contributed by atoms with E-state index in [9.17, 15) is 0 Å². The molecule has 0 aromatic carbocycles. The summed E-state index contributed by atoms with van der Waals surface area (Å²) in [4.78, 5) is 0. The second kappa shape index (κ2) is 5.42. The molecule has 0 amide bonds. The summed E-state index contributed by atoms with van der Waals surface area (Å²) in [5.41, 5.74) is 3.05. The van der Waals surface area contributed by atoms with Gasteiger partial charge >= 0.3 is 0 Å². The molecule has 0 aliphatic carbocycles. The van der Waals surface area contributed by atoms with Crippen molar-refractivity contribution in [3.63, 3.8) is 0 Å². The van der Waals surface area contributed by atoms with Gasteiger partial charge in [-0.15, -0.1) is 0 Å². The van der Waals surface area contributed by atoms with E-state index < -0.39 is 0 Å². The van der Waals surface area contributed by atoms with E-state index in [4.69, 9.17) is 5.10 Å². The zero-order valence-corrected chi connectivity index (χ0v) is 14.2. The molecule has 0 fully saturated rings. The van der Waals surface area contributed by atoms with Gasteiger partial charge in [-0.05, 0) is 23.7 Å². The van der Waals surface area contributed by atoms with Crippen LogP contribution >= 0.6 is 0 Å². The maximum absolute atomic E-state index is 4.96. The SMILES string of the molecule is CC1CNc2c(CC(C)(C)C)c(C(C)C(C)C)nn2C1. The molecule has 0 bridgehead atoms. The molecular weight excluding hydrogens is 246 g/mol. The van der Waals surface area contributed by atoms with Crippen LogP contribution in [0, 0.1) is 17.3 Å². The quantitative estimate of drug-likeness (QED) is 0.893. The van der Waals surface area contributed by atoms with Gasteiger partial charge in [0.2, 0.25) is 0 Å². The van der Waals surface area contributed by atoms with E-state index in [2.05, 4.69) is 58.5 Å². The van der Waals surface area contributed by atoms with Crippen LogP contribution in [0.15, 0.2) is 0 Å². The van der Waals surface area contributed by atoms with Crippen LogP contribution in [0.4, 0.5) is 5.82 Å². The van der Waals surface area contributed by atoms with Gasteiger partial charge in [0.15, 0.2) is 0 Å². The smallest absolute Gasteiger partial charge is 0.127 e. The molecule has 0 saturated carbocycles. The minimum Gasteiger partial charge on any atom is -0.370 e. The average Bonchev–Trinajstić information content (AvgIpc) is 2.63. The first kappa shape index (κ1) is 15.4. The number of anilines is 1. The summed E-state index contributed by atoms with van der Waals surface area (Å²) in [5, 5.41) is 8.58. The lowest BCUT2D eigenvalue weighted by Gasteiger charge is -2.25. The van der Waals surface area contributed by atoms with Gasteiger partial charge < -0.3 is 5.32 Å². The van der Waals surface area contributed by atoms with Gasteiger partial charge in [-0.3, -0.25) is 0 Å². The van der Waals surface area contributed by atoms with Gasteiger partial charge in [-0.2, -0.15) is 5.10 Å². The number of nitrogens with one attached hydrogen (secondary N) is 1. The van der Waals surface area contributed by atoms with Crippen molar-refractivity contribution in [1.82, 2.24) is 9.78 Å². The highest BCUT2D eigenvalue weighted by Gasteiger charge is 2.29. The van der Waals surface area contributed by atoms with Crippen LogP contribution in [0.1, 0.15) is 65.6 Å². The van der Waals surface area contributed by atoms with Crippen LogP contribution in [0.25, 0.3) is 0 Å². The Hall–Kier alpha value is -0.990. The van der Waals surface area contributed by atoms with Gasteiger partial charge in [0.25, 0.3) is 0 Å². The van der Waals surface area contributed by atoms with Gasteiger partial charge in [-0.1, -0.05) is 48.5 Å². The van der Waals surface area contributed by atoms with Crippen molar-refractivity contribution in [2.75, 3.05) is 11.9 Å². The molecule has 2 heterocycles. The molecule has 3 heteroatoms. The fraction of sp³-hybridized carbons (Fsp3) is 0.824. The fourth-order valence-electron chi connectivity index (χ4n) is 2.86. The van der Waals surface area contributed by atoms with E-state index in [-0.39, 0.29) is 0 Å². The normalized spacial score (nSPS) is 20.7. The lowest BCUT2D eigenvalue weighted by molar-refractivity contribution is 0.406. The molecule has 1 aliphatic heterocycles. The van der Waals surface area contributed by atoms with Crippen LogP contribution in [0.3, 0.4) is 0 Å². The Bertz CT molecular complexity index is 465. The number of hydrogen-bond acceptors (Lipinski definition) is 2. The minimum absolute atomic E-state index is 0.292. The molecule has 0 spiro atoms. The lowest BCUT2D eigenvalue weighted by Crippen LogP contribution is -2.26. The first-order valence-electron chi connectivity index (χ1n) is 8.02. The third-order valence-corrected chi connectivity index (χ3v) is 4.32. The Kier molecular flexibility index (Phi) is 4.17. The molecule has 2 atom stereocenters. The van der Waals surface area contributed by atoms with Crippen molar-refractivity contribution >= 4 is 5.82 Å². The monoisotopic (exact) mass is 277 g/mol. The first-order valence-corrected chi connectivity index (χ1v) is 8.02. The third kappa shape index (κ3) is 3.18. The molecule has 1 N–H and O–H groups in total. The van der Waals surface area contributed by atoms with Gasteiger partial charge in [0.05, 0.1) is 5.69 Å². The predicted molar refractivity (Wildman–Crippen MR) is 86.3 cm³/mol. The first-order chi connectivity index (χ1) is 9.19. The number of aromatic nitrogens is 2. The Morgan fingerprint density at radius 2 is 1.95 bits per heavy atom. The number of rotatable bonds is 3. The molecular formula is C17H31N3. The molecule has 1 aromatic rings. The van der Waals surface area contributed by atoms with E-state index in [1.807, 2.05) is 0 Å². The lowest BCUT2D eigenvalue weighted by atomic mass is 9.84. The van der Waals surface area contributed by atoms with Gasteiger partial charge in [-0.25, -0.2) is 4.68 Å². The standard InChI is InChI=1S/C17H31N3/c1-11(2)13(4)15-14(8-17(5,6)7)16-18-9-12(3)10-20(16)19-15/h11-13,18H,8-10H2,1-7H3. The van der Waals surface area contributed by atoms with Crippen LogP contribution in [-0.4, -0.2) is 16.3 Å². The average molecular weight is 277 g/mol. The van der Waals surface area contributed by atoms with Crippen molar-refractivity contribution < 1.29 is 0 Å². The maximum Gasteiger partial charge on any atom is 0.127 e. The van der Waals surface area contributed by atoms with Crippen molar-refractivity contribution in [3.05, 3.63) is 11.3 Å². The highest BCUT2D eigenvalue weighted by atomic mass is 15.3. The molecule has 2 rings (SSSR count). The number of hydrogen-bond donors (Lipinski definition) is 1. The van der Waals surface area contributed by atoms with E-state index in [0.717, 1.165) is 19.5 Å². The van der Waals surface area contributed by atoms with E-state index in [1.165, 1.54) is 17.1 Å². The molecule has 2 unspecified atom stereocenters. The summed E-state index contributed by atoms with van der Waals surface area (Å²) < 4.78 is 2.21. The van der Waals surface area contributed by atoms with E-state index >= 15 is 0 Å². The van der Waals surface area contributed by atoms with Gasteiger partial charge in [0.1, 0.15) is 5.82 Å². The van der Waals surface area contributed by atoms with Crippen LogP contribution < -0.4 is 5.32 Å². The van der Waals surface area contributed by atoms with Crippen molar-refractivity contribution in [2.45, 2.75) is 67.3 Å². The van der Waals surface area contributed by atoms with E-state index in [0.29, 0.717) is 23.2 Å². The summed E-state index contributed by atoms with van der Waals surface area (Å²) in [5.74, 6) is 3.08. The Morgan fingerprint density at radius 1 is 1.30 bits per heavy atom. The van der Waals surface area contributed by atoms with E-state index in [1.54, 1.807) is 0 Å². The van der Waals surface area contributed by atoms with Crippen LogP contribution in [0.5, 0.6) is 0 Å². The second-order valence-corrected chi connectivity index (χ2v) is 8.15. The third-order valence-electron chi connectivity index (χ3n) is 4.32. The Morgan fingerprint density at radius 3 is 2.50 bits per heavy atom. The molecule has 0 saturated heterocycles. The molecule has 20 heavy (non-hydrogen) atoms. The number of nitrogens with zero attached hydrogens (tertiary/aromatic N) is 2.